The van der Waals surface area contributed by atoms with Crippen LogP contribution in [0.15, 0.2) is 36.7 Å². The summed E-state index contributed by atoms with van der Waals surface area (Å²) in [7, 11) is 1.94. The van der Waals surface area contributed by atoms with E-state index in [1.54, 1.807) is 0 Å². The number of nitrogens with one attached hydrogen (secondary N) is 1. The fraction of sp³-hybridized carbons (Fsp3) is 0.471. The van der Waals surface area contributed by atoms with Gasteiger partial charge in [0.05, 0.1) is 6.20 Å². The Bertz CT molecular complexity index is 620. The van der Waals surface area contributed by atoms with E-state index in [4.69, 9.17) is 16.3 Å². The van der Waals surface area contributed by atoms with Gasteiger partial charge in [-0.25, -0.2) is 0 Å². The van der Waals surface area contributed by atoms with Gasteiger partial charge in [-0.1, -0.05) is 29.8 Å². The lowest BCUT2D eigenvalue weighted by atomic mass is 9.74. The number of halogens is 1. The largest absolute Gasteiger partial charge is 0.381 e. The van der Waals surface area contributed by atoms with Crippen molar-refractivity contribution in [2.24, 2.45) is 7.05 Å². The van der Waals surface area contributed by atoms with Gasteiger partial charge in [0.15, 0.2) is 0 Å². The minimum absolute atomic E-state index is 0.0544. The van der Waals surface area contributed by atoms with Crippen molar-refractivity contribution in [1.82, 2.24) is 15.1 Å². The molecular formula is C17H22ClN3O. The molecule has 1 aromatic heterocycles. The zero-order chi connectivity index (χ0) is 15.4. The highest BCUT2D eigenvalue weighted by atomic mass is 35.5. The Morgan fingerprint density at radius 1 is 1.32 bits per heavy atom. The van der Waals surface area contributed by atoms with Gasteiger partial charge in [0.1, 0.15) is 0 Å². The van der Waals surface area contributed by atoms with Crippen molar-refractivity contribution in [3.63, 3.8) is 0 Å². The highest BCUT2D eigenvalue weighted by molar-refractivity contribution is 6.31. The van der Waals surface area contributed by atoms with Crippen molar-refractivity contribution < 1.29 is 4.74 Å². The van der Waals surface area contributed by atoms with Crippen LogP contribution in [-0.2, 0) is 23.7 Å². The fourth-order valence-electron chi connectivity index (χ4n) is 3.20. The van der Waals surface area contributed by atoms with Crippen molar-refractivity contribution in [1.29, 1.82) is 0 Å². The fourth-order valence-corrected chi connectivity index (χ4v) is 3.54. The molecule has 0 radical (unpaired) electrons. The number of aryl methyl sites for hydroxylation is 1. The van der Waals surface area contributed by atoms with Crippen molar-refractivity contribution in [2.75, 3.05) is 19.8 Å². The first-order chi connectivity index (χ1) is 10.7. The molecule has 1 aliphatic heterocycles. The number of hydrogen-bond acceptors (Lipinski definition) is 3. The summed E-state index contributed by atoms with van der Waals surface area (Å²) in [6, 6.07) is 8.19. The molecule has 0 unspecified atom stereocenters. The maximum atomic E-state index is 6.46. The number of aromatic nitrogens is 2. The second-order valence-corrected chi connectivity index (χ2v) is 6.41. The van der Waals surface area contributed by atoms with E-state index >= 15 is 0 Å². The summed E-state index contributed by atoms with van der Waals surface area (Å²) < 4.78 is 7.40. The van der Waals surface area contributed by atoms with Crippen LogP contribution in [0.3, 0.4) is 0 Å². The Morgan fingerprint density at radius 2 is 2.09 bits per heavy atom. The van der Waals surface area contributed by atoms with E-state index in [0.29, 0.717) is 0 Å². The molecule has 0 saturated carbocycles. The Kier molecular flexibility index (Phi) is 4.81. The summed E-state index contributed by atoms with van der Waals surface area (Å²) in [4.78, 5) is 0. The molecule has 5 heteroatoms. The molecule has 1 fully saturated rings. The van der Waals surface area contributed by atoms with Gasteiger partial charge < -0.3 is 10.1 Å². The zero-order valence-corrected chi connectivity index (χ0v) is 13.6. The summed E-state index contributed by atoms with van der Waals surface area (Å²) in [5, 5.41) is 8.65. The smallest absolute Gasteiger partial charge is 0.0534 e. The average molecular weight is 320 g/mol. The number of nitrogens with zero attached hydrogens (tertiary/aromatic N) is 2. The molecule has 0 spiro atoms. The standard InChI is InChI=1S/C17H22ClN3O/c1-21-12-14(11-20-21)10-19-13-17(6-8-22-9-7-17)15-4-2-3-5-16(15)18/h2-5,11-12,19H,6-10,13H2,1H3. The SMILES string of the molecule is Cn1cc(CNCC2(c3ccccc3Cl)CCOCC2)cn1. The maximum absolute atomic E-state index is 6.46. The average Bonchev–Trinajstić information content (AvgIpc) is 2.94. The van der Waals surface area contributed by atoms with Gasteiger partial charge >= 0.3 is 0 Å². The Balaban J connectivity index is 1.73. The summed E-state index contributed by atoms with van der Waals surface area (Å²) >= 11 is 6.46. The van der Waals surface area contributed by atoms with Gasteiger partial charge in [0.2, 0.25) is 0 Å². The van der Waals surface area contributed by atoms with Gasteiger partial charge in [0, 0.05) is 55.5 Å². The predicted molar refractivity (Wildman–Crippen MR) is 88.1 cm³/mol. The molecule has 22 heavy (non-hydrogen) atoms. The number of hydrogen-bond donors (Lipinski definition) is 1. The van der Waals surface area contributed by atoms with Crippen molar-refractivity contribution >= 4 is 11.6 Å². The normalized spacial score (nSPS) is 17.5. The van der Waals surface area contributed by atoms with E-state index < -0.39 is 0 Å². The summed E-state index contributed by atoms with van der Waals surface area (Å²) in [5.41, 5.74) is 2.49. The first-order valence-corrected chi connectivity index (χ1v) is 8.08. The molecular weight excluding hydrogens is 298 g/mol. The molecule has 1 saturated heterocycles. The van der Waals surface area contributed by atoms with Crippen LogP contribution in [-0.4, -0.2) is 29.5 Å². The molecule has 0 atom stereocenters. The number of rotatable bonds is 5. The van der Waals surface area contributed by atoms with Crippen molar-refractivity contribution in [2.45, 2.75) is 24.8 Å². The molecule has 2 aromatic rings. The third-order valence-corrected chi connectivity index (χ3v) is 4.78. The summed E-state index contributed by atoms with van der Waals surface area (Å²) in [5.74, 6) is 0. The first-order valence-electron chi connectivity index (χ1n) is 7.71. The van der Waals surface area contributed by atoms with E-state index in [0.717, 1.165) is 44.2 Å². The quantitative estimate of drug-likeness (QED) is 0.921. The number of benzene rings is 1. The minimum Gasteiger partial charge on any atom is -0.381 e. The second-order valence-electron chi connectivity index (χ2n) is 6.00. The Labute approximate surface area is 136 Å². The highest BCUT2D eigenvalue weighted by Crippen LogP contribution is 2.38. The van der Waals surface area contributed by atoms with Crippen LogP contribution in [0.2, 0.25) is 5.02 Å². The summed E-state index contributed by atoms with van der Waals surface area (Å²) in [6.07, 6.45) is 5.94. The highest BCUT2D eigenvalue weighted by Gasteiger charge is 2.35. The van der Waals surface area contributed by atoms with Crippen LogP contribution in [0, 0.1) is 0 Å². The van der Waals surface area contributed by atoms with E-state index in [-0.39, 0.29) is 5.41 Å². The molecule has 3 rings (SSSR count). The summed E-state index contributed by atoms with van der Waals surface area (Å²) in [6.45, 7) is 3.30. The van der Waals surface area contributed by atoms with Crippen molar-refractivity contribution in [3.8, 4) is 0 Å². The molecule has 4 nitrogen and oxygen atoms in total. The van der Waals surface area contributed by atoms with Crippen LogP contribution >= 0.6 is 11.6 Å². The van der Waals surface area contributed by atoms with E-state index in [9.17, 15) is 0 Å². The third-order valence-electron chi connectivity index (χ3n) is 4.45. The molecule has 1 aliphatic rings. The van der Waals surface area contributed by atoms with Gasteiger partial charge in [-0.15, -0.1) is 0 Å². The number of ether oxygens (including phenoxy) is 1. The van der Waals surface area contributed by atoms with Crippen LogP contribution in [0.5, 0.6) is 0 Å². The molecule has 0 aliphatic carbocycles. The zero-order valence-electron chi connectivity index (χ0n) is 12.9. The van der Waals surface area contributed by atoms with Gasteiger partial charge in [0.25, 0.3) is 0 Å². The molecule has 0 bridgehead atoms. The maximum Gasteiger partial charge on any atom is 0.0534 e. The third kappa shape index (κ3) is 3.35. The second kappa shape index (κ2) is 6.82. The van der Waals surface area contributed by atoms with Gasteiger partial charge in [-0.05, 0) is 24.5 Å². The molecule has 2 heterocycles. The van der Waals surface area contributed by atoms with Crippen LogP contribution in [0.1, 0.15) is 24.0 Å². The molecule has 118 valence electrons. The lowest BCUT2D eigenvalue weighted by molar-refractivity contribution is 0.0498. The Morgan fingerprint density at radius 3 is 2.77 bits per heavy atom. The van der Waals surface area contributed by atoms with Crippen LogP contribution in [0.4, 0.5) is 0 Å². The molecule has 1 N–H and O–H groups in total. The Hall–Kier alpha value is -1.36. The topological polar surface area (TPSA) is 39.1 Å². The van der Waals surface area contributed by atoms with E-state index in [1.165, 1.54) is 11.1 Å². The van der Waals surface area contributed by atoms with Crippen LogP contribution in [0.25, 0.3) is 0 Å². The van der Waals surface area contributed by atoms with E-state index in [2.05, 4.69) is 22.5 Å². The van der Waals surface area contributed by atoms with Crippen LogP contribution < -0.4 is 5.32 Å². The van der Waals surface area contributed by atoms with Gasteiger partial charge in [-0.3, -0.25) is 4.68 Å². The lowest BCUT2D eigenvalue weighted by Gasteiger charge is -2.38. The van der Waals surface area contributed by atoms with Gasteiger partial charge in [-0.2, -0.15) is 5.10 Å². The lowest BCUT2D eigenvalue weighted by Crippen LogP contribution is -2.42. The predicted octanol–water partition coefficient (Wildman–Crippen LogP) is 2.91. The first kappa shape index (κ1) is 15.5. The monoisotopic (exact) mass is 319 g/mol. The molecule has 0 amide bonds. The van der Waals surface area contributed by atoms with E-state index in [1.807, 2.05) is 36.3 Å². The molecule has 1 aromatic carbocycles. The van der Waals surface area contributed by atoms with Crippen molar-refractivity contribution in [3.05, 3.63) is 52.8 Å². The minimum atomic E-state index is 0.0544.